The minimum atomic E-state index is -0.693. The van der Waals surface area contributed by atoms with Gasteiger partial charge in [-0.05, 0) is 35.9 Å². The summed E-state index contributed by atoms with van der Waals surface area (Å²) in [6.07, 6.45) is -0.763. The summed E-state index contributed by atoms with van der Waals surface area (Å²) in [5.74, 6) is 0.0673. The van der Waals surface area contributed by atoms with Crippen LogP contribution in [0.25, 0.3) is 0 Å². The summed E-state index contributed by atoms with van der Waals surface area (Å²) in [5.41, 5.74) is 1.30. The zero-order valence-electron chi connectivity index (χ0n) is 10.3. The molecule has 3 rings (SSSR count). The van der Waals surface area contributed by atoms with Crippen molar-refractivity contribution in [1.82, 2.24) is 0 Å². The van der Waals surface area contributed by atoms with E-state index in [-0.39, 0.29) is 5.02 Å². The van der Waals surface area contributed by atoms with Crippen LogP contribution in [-0.4, -0.2) is 5.11 Å². The average molecular weight is 313 g/mol. The molecule has 0 saturated carbocycles. The molecule has 20 heavy (non-hydrogen) atoms. The van der Waals surface area contributed by atoms with Gasteiger partial charge in [0.1, 0.15) is 17.7 Å². The summed E-state index contributed by atoms with van der Waals surface area (Å²) in [4.78, 5) is 0. The maximum absolute atomic E-state index is 13.5. The Morgan fingerprint density at radius 1 is 1.15 bits per heavy atom. The Kier molecular flexibility index (Phi) is 3.59. The fourth-order valence-electron chi connectivity index (χ4n) is 2.33. The van der Waals surface area contributed by atoms with E-state index in [4.69, 9.17) is 27.9 Å². The first-order valence-corrected chi connectivity index (χ1v) is 6.89. The standard InChI is InChI=1S/C15H11Cl2FO2/c16-9-2-4-14-10(6-9)13(19)7-15(20-14)8-1-3-11(17)12(18)5-8/h1-6,13,15,19H,7H2. The Bertz CT molecular complexity index is 660. The lowest BCUT2D eigenvalue weighted by Gasteiger charge is -2.30. The molecule has 2 aromatic carbocycles. The lowest BCUT2D eigenvalue weighted by Crippen LogP contribution is -2.19. The van der Waals surface area contributed by atoms with Gasteiger partial charge in [-0.1, -0.05) is 29.3 Å². The first kappa shape index (κ1) is 13.7. The van der Waals surface area contributed by atoms with Gasteiger partial charge in [0.2, 0.25) is 0 Å². The highest BCUT2D eigenvalue weighted by atomic mass is 35.5. The molecule has 0 saturated heterocycles. The van der Waals surface area contributed by atoms with Gasteiger partial charge in [-0.15, -0.1) is 0 Å². The van der Waals surface area contributed by atoms with E-state index in [1.807, 2.05) is 0 Å². The maximum atomic E-state index is 13.5. The minimum absolute atomic E-state index is 0.0669. The molecule has 0 aliphatic carbocycles. The Morgan fingerprint density at radius 2 is 1.95 bits per heavy atom. The first-order chi connectivity index (χ1) is 9.54. The van der Waals surface area contributed by atoms with E-state index in [1.54, 1.807) is 24.3 Å². The smallest absolute Gasteiger partial charge is 0.142 e. The maximum Gasteiger partial charge on any atom is 0.142 e. The Balaban J connectivity index is 1.94. The summed E-state index contributed by atoms with van der Waals surface area (Å²) in [6, 6.07) is 9.60. The van der Waals surface area contributed by atoms with E-state index < -0.39 is 18.0 Å². The zero-order valence-corrected chi connectivity index (χ0v) is 11.8. The van der Waals surface area contributed by atoms with Gasteiger partial charge in [-0.2, -0.15) is 0 Å². The number of aliphatic hydroxyl groups excluding tert-OH is 1. The minimum Gasteiger partial charge on any atom is -0.485 e. The van der Waals surface area contributed by atoms with E-state index >= 15 is 0 Å². The van der Waals surface area contributed by atoms with Crippen molar-refractivity contribution >= 4 is 23.2 Å². The molecule has 0 amide bonds. The molecule has 1 aliphatic rings. The van der Waals surface area contributed by atoms with Gasteiger partial charge in [0, 0.05) is 17.0 Å². The van der Waals surface area contributed by atoms with E-state index in [0.29, 0.717) is 28.3 Å². The molecule has 1 heterocycles. The van der Waals surface area contributed by atoms with Crippen LogP contribution in [0.1, 0.15) is 29.8 Å². The Labute approximate surface area is 125 Å². The van der Waals surface area contributed by atoms with Gasteiger partial charge >= 0.3 is 0 Å². The number of fused-ring (bicyclic) bond motifs is 1. The molecule has 2 aromatic rings. The molecule has 2 unspecified atom stereocenters. The Hall–Kier alpha value is -1.29. The fraction of sp³-hybridized carbons (Fsp3) is 0.200. The summed E-state index contributed by atoms with van der Waals surface area (Å²) in [7, 11) is 0. The van der Waals surface area contributed by atoms with Crippen molar-refractivity contribution in [2.24, 2.45) is 0 Å². The normalized spacial score (nSPS) is 21.2. The number of benzene rings is 2. The second-order valence-electron chi connectivity index (χ2n) is 4.71. The summed E-state index contributed by atoms with van der Waals surface area (Å²) < 4.78 is 19.3. The molecular formula is C15H11Cl2FO2. The molecule has 0 radical (unpaired) electrons. The number of halogens is 3. The fourth-order valence-corrected chi connectivity index (χ4v) is 2.63. The van der Waals surface area contributed by atoms with Crippen molar-refractivity contribution in [2.75, 3.05) is 0 Å². The molecule has 0 spiro atoms. The second kappa shape index (κ2) is 5.24. The summed E-state index contributed by atoms with van der Waals surface area (Å²) in [5, 5.41) is 10.8. The third-order valence-corrected chi connectivity index (χ3v) is 3.89. The third kappa shape index (κ3) is 2.49. The van der Waals surface area contributed by atoms with Crippen LogP contribution in [0, 0.1) is 5.82 Å². The largest absolute Gasteiger partial charge is 0.485 e. The SMILES string of the molecule is OC1CC(c2ccc(Cl)c(F)c2)Oc2ccc(Cl)cc21. The molecule has 1 N–H and O–H groups in total. The highest BCUT2D eigenvalue weighted by molar-refractivity contribution is 6.31. The monoisotopic (exact) mass is 312 g/mol. The van der Waals surface area contributed by atoms with Crippen LogP contribution in [0.15, 0.2) is 36.4 Å². The van der Waals surface area contributed by atoms with Crippen LogP contribution in [0.2, 0.25) is 10.0 Å². The number of aliphatic hydroxyl groups is 1. The number of rotatable bonds is 1. The topological polar surface area (TPSA) is 29.5 Å². The van der Waals surface area contributed by atoms with Crippen LogP contribution < -0.4 is 4.74 Å². The van der Waals surface area contributed by atoms with Crippen molar-refractivity contribution in [2.45, 2.75) is 18.6 Å². The van der Waals surface area contributed by atoms with Crippen LogP contribution >= 0.6 is 23.2 Å². The highest BCUT2D eigenvalue weighted by Crippen LogP contribution is 2.42. The Morgan fingerprint density at radius 3 is 2.70 bits per heavy atom. The van der Waals surface area contributed by atoms with Gasteiger partial charge < -0.3 is 9.84 Å². The van der Waals surface area contributed by atoms with Crippen LogP contribution in [0.4, 0.5) is 4.39 Å². The summed E-state index contributed by atoms with van der Waals surface area (Å²) >= 11 is 11.6. The van der Waals surface area contributed by atoms with Crippen molar-refractivity contribution in [3.63, 3.8) is 0 Å². The number of ether oxygens (including phenoxy) is 1. The third-order valence-electron chi connectivity index (χ3n) is 3.35. The molecule has 2 nitrogen and oxygen atoms in total. The molecular weight excluding hydrogens is 302 g/mol. The first-order valence-electron chi connectivity index (χ1n) is 6.13. The predicted molar refractivity (Wildman–Crippen MR) is 75.8 cm³/mol. The van der Waals surface area contributed by atoms with Crippen LogP contribution in [0.5, 0.6) is 5.75 Å². The van der Waals surface area contributed by atoms with Gasteiger partial charge in [0.05, 0.1) is 11.1 Å². The molecule has 104 valence electrons. The molecule has 5 heteroatoms. The lowest BCUT2D eigenvalue weighted by atomic mass is 9.95. The van der Waals surface area contributed by atoms with Gasteiger partial charge in [-0.25, -0.2) is 4.39 Å². The predicted octanol–water partition coefficient (Wildman–Crippen LogP) is 4.69. The molecule has 0 fully saturated rings. The van der Waals surface area contributed by atoms with Crippen molar-refractivity contribution in [3.8, 4) is 5.75 Å². The molecule has 2 atom stereocenters. The van der Waals surface area contributed by atoms with E-state index in [9.17, 15) is 9.50 Å². The second-order valence-corrected chi connectivity index (χ2v) is 5.56. The average Bonchev–Trinajstić information content (AvgIpc) is 2.42. The zero-order chi connectivity index (χ0) is 14.3. The van der Waals surface area contributed by atoms with Gasteiger partial charge in [0.15, 0.2) is 0 Å². The highest BCUT2D eigenvalue weighted by Gasteiger charge is 2.28. The van der Waals surface area contributed by atoms with Crippen LogP contribution in [0.3, 0.4) is 0 Å². The van der Waals surface area contributed by atoms with Crippen molar-refractivity contribution in [3.05, 3.63) is 63.4 Å². The molecule has 1 aliphatic heterocycles. The van der Waals surface area contributed by atoms with Crippen LogP contribution in [-0.2, 0) is 0 Å². The molecule has 0 aromatic heterocycles. The van der Waals surface area contributed by atoms with E-state index in [2.05, 4.69) is 0 Å². The van der Waals surface area contributed by atoms with Crippen molar-refractivity contribution < 1.29 is 14.2 Å². The number of hydrogen-bond donors (Lipinski definition) is 1. The van der Waals surface area contributed by atoms with E-state index in [0.717, 1.165) is 0 Å². The van der Waals surface area contributed by atoms with E-state index in [1.165, 1.54) is 12.1 Å². The van der Waals surface area contributed by atoms with Gasteiger partial charge in [0.25, 0.3) is 0 Å². The quantitative estimate of drug-likeness (QED) is 0.827. The van der Waals surface area contributed by atoms with Crippen molar-refractivity contribution in [1.29, 1.82) is 0 Å². The number of hydrogen-bond acceptors (Lipinski definition) is 2. The summed E-state index contributed by atoms with van der Waals surface area (Å²) in [6.45, 7) is 0. The molecule has 0 bridgehead atoms. The lowest BCUT2D eigenvalue weighted by molar-refractivity contribution is 0.0656. The van der Waals surface area contributed by atoms with Gasteiger partial charge in [-0.3, -0.25) is 0 Å².